The van der Waals surface area contributed by atoms with E-state index in [-0.39, 0.29) is 5.41 Å². The number of rotatable bonds is 5. The molecule has 2 heterocycles. The molecule has 7 aromatic carbocycles. The van der Waals surface area contributed by atoms with Crippen LogP contribution in [0, 0.1) is 0 Å². The molecule has 0 amide bonds. The van der Waals surface area contributed by atoms with E-state index in [1.165, 1.54) is 33.4 Å². The van der Waals surface area contributed by atoms with Crippen LogP contribution >= 0.6 is 0 Å². The number of aromatic nitrogens is 3. The summed E-state index contributed by atoms with van der Waals surface area (Å²) in [6.07, 6.45) is 0. The van der Waals surface area contributed by atoms with Crippen LogP contribution in [0.1, 0.15) is 25.0 Å². The predicted molar refractivity (Wildman–Crippen MR) is 212 cm³/mol. The number of benzene rings is 7. The SMILES string of the molecule is CC1(C)c2ccccc2-c2ccc(-c3ccc(-c4ccc(-c5nc(-c6ccccc6)nc(-c6ccccc6)n5)c5c4oc4ccccc45)cc3)cc21. The molecular weight excluding hydrogens is 635 g/mol. The molecule has 0 N–H and O–H groups in total. The molecule has 9 aromatic rings. The van der Waals surface area contributed by atoms with E-state index in [1.807, 2.05) is 72.8 Å². The van der Waals surface area contributed by atoms with Crippen LogP contribution in [0.15, 0.2) is 168 Å². The largest absolute Gasteiger partial charge is 0.455 e. The first-order valence-electron chi connectivity index (χ1n) is 17.7. The molecule has 0 unspecified atom stereocenters. The molecule has 2 aromatic heterocycles. The van der Waals surface area contributed by atoms with Crippen LogP contribution in [0.2, 0.25) is 0 Å². The minimum Gasteiger partial charge on any atom is -0.455 e. The second kappa shape index (κ2) is 11.7. The zero-order valence-electron chi connectivity index (χ0n) is 28.8. The monoisotopic (exact) mass is 667 g/mol. The van der Waals surface area contributed by atoms with E-state index in [9.17, 15) is 0 Å². The quantitative estimate of drug-likeness (QED) is 0.183. The van der Waals surface area contributed by atoms with Crippen molar-refractivity contribution in [1.82, 2.24) is 15.0 Å². The summed E-state index contributed by atoms with van der Waals surface area (Å²) in [5, 5.41) is 2.01. The van der Waals surface area contributed by atoms with Crippen molar-refractivity contribution < 1.29 is 4.42 Å². The summed E-state index contributed by atoms with van der Waals surface area (Å²) in [7, 11) is 0. The zero-order chi connectivity index (χ0) is 34.8. The molecule has 1 aliphatic rings. The van der Waals surface area contributed by atoms with E-state index < -0.39 is 0 Å². The minimum atomic E-state index is -0.0429. The Balaban J connectivity index is 1.10. The first-order chi connectivity index (χ1) is 25.5. The maximum atomic E-state index is 6.68. The highest BCUT2D eigenvalue weighted by molar-refractivity contribution is 6.15. The minimum absolute atomic E-state index is 0.0429. The molecular formula is C48H33N3O. The Bertz CT molecular complexity index is 2740. The van der Waals surface area contributed by atoms with E-state index >= 15 is 0 Å². The molecule has 0 aliphatic heterocycles. The van der Waals surface area contributed by atoms with Crippen molar-refractivity contribution in [2.75, 3.05) is 0 Å². The van der Waals surface area contributed by atoms with Gasteiger partial charge in [0.25, 0.3) is 0 Å². The van der Waals surface area contributed by atoms with Gasteiger partial charge < -0.3 is 4.42 Å². The molecule has 0 spiro atoms. The second-order valence-electron chi connectivity index (χ2n) is 14.0. The van der Waals surface area contributed by atoms with Gasteiger partial charge >= 0.3 is 0 Å². The van der Waals surface area contributed by atoms with Crippen LogP contribution in [-0.2, 0) is 5.41 Å². The van der Waals surface area contributed by atoms with E-state index in [1.54, 1.807) is 0 Å². The van der Waals surface area contributed by atoms with Gasteiger partial charge in [0.15, 0.2) is 17.5 Å². The fourth-order valence-corrected chi connectivity index (χ4v) is 7.90. The number of nitrogens with zero attached hydrogens (tertiary/aromatic N) is 3. The molecule has 4 nitrogen and oxygen atoms in total. The van der Waals surface area contributed by atoms with Crippen LogP contribution in [0.4, 0.5) is 0 Å². The Hall–Kier alpha value is -6.65. The van der Waals surface area contributed by atoms with Crippen molar-refractivity contribution >= 4 is 21.9 Å². The van der Waals surface area contributed by atoms with Crippen LogP contribution in [0.25, 0.3) is 89.5 Å². The summed E-state index contributed by atoms with van der Waals surface area (Å²) in [6, 6.07) is 57.2. The molecule has 0 radical (unpaired) electrons. The van der Waals surface area contributed by atoms with Crippen molar-refractivity contribution in [2.45, 2.75) is 19.3 Å². The average molecular weight is 668 g/mol. The third-order valence-electron chi connectivity index (χ3n) is 10.6. The molecule has 4 heteroatoms. The van der Waals surface area contributed by atoms with Gasteiger partial charge in [-0.25, -0.2) is 15.0 Å². The number of hydrogen-bond donors (Lipinski definition) is 0. The highest BCUT2D eigenvalue weighted by Gasteiger charge is 2.35. The number of hydrogen-bond acceptors (Lipinski definition) is 4. The van der Waals surface area contributed by atoms with Gasteiger partial charge in [-0.3, -0.25) is 0 Å². The molecule has 52 heavy (non-hydrogen) atoms. The van der Waals surface area contributed by atoms with Gasteiger partial charge in [-0.1, -0.05) is 153 Å². The molecule has 0 bridgehead atoms. The first kappa shape index (κ1) is 30.2. The van der Waals surface area contributed by atoms with Crippen molar-refractivity contribution in [3.8, 4) is 67.5 Å². The molecule has 0 atom stereocenters. The van der Waals surface area contributed by atoms with Gasteiger partial charge in [0.2, 0.25) is 0 Å². The summed E-state index contributed by atoms with van der Waals surface area (Å²) in [5.74, 6) is 1.86. The molecule has 0 fully saturated rings. The standard InChI is InChI=1S/C48H33N3O/c1-48(2)40-19-11-9-17-36(40)37-26-25-34(29-41(37)48)30-21-23-31(24-22-30)35-27-28-39(43-38-18-10-12-20-42(38)52-44(35)43)47-50-45(32-13-5-3-6-14-32)49-46(51-47)33-15-7-4-8-16-33/h3-29H,1-2H3. The Morgan fingerprint density at radius 2 is 0.942 bits per heavy atom. The van der Waals surface area contributed by atoms with Crippen LogP contribution in [0.3, 0.4) is 0 Å². The summed E-state index contributed by atoms with van der Waals surface area (Å²) in [6.45, 7) is 4.66. The van der Waals surface area contributed by atoms with Crippen LogP contribution in [-0.4, -0.2) is 15.0 Å². The smallest absolute Gasteiger partial charge is 0.164 e. The highest BCUT2D eigenvalue weighted by Crippen LogP contribution is 2.49. The maximum absolute atomic E-state index is 6.68. The van der Waals surface area contributed by atoms with Gasteiger partial charge in [0, 0.05) is 38.4 Å². The molecule has 10 rings (SSSR count). The Morgan fingerprint density at radius 1 is 0.404 bits per heavy atom. The molecule has 0 saturated carbocycles. The Morgan fingerprint density at radius 3 is 1.67 bits per heavy atom. The normalized spacial score (nSPS) is 13.0. The van der Waals surface area contributed by atoms with Crippen LogP contribution in [0.5, 0.6) is 0 Å². The van der Waals surface area contributed by atoms with Gasteiger partial charge in [-0.15, -0.1) is 0 Å². The number of furan rings is 1. The van der Waals surface area contributed by atoms with Crippen molar-refractivity contribution in [2.24, 2.45) is 0 Å². The number of para-hydroxylation sites is 1. The second-order valence-corrected chi connectivity index (χ2v) is 14.0. The third-order valence-corrected chi connectivity index (χ3v) is 10.6. The van der Waals surface area contributed by atoms with E-state index in [0.29, 0.717) is 17.5 Å². The van der Waals surface area contributed by atoms with E-state index in [4.69, 9.17) is 19.4 Å². The Labute approximate surface area is 302 Å². The zero-order valence-corrected chi connectivity index (χ0v) is 28.8. The predicted octanol–water partition coefficient (Wildman–Crippen LogP) is 12.4. The van der Waals surface area contributed by atoms with Crippen molar-refractivity contribution in [3.63, 3.8) is 0 Å². The first-order valence-corrected chi connectivity index (χ1v) is 17.7. The third kappa shape index (κ3) is 4.79. The van der Waals surface area contributed by atoms with Gasteiger partial charge in [-0.05, 0) is 63.2 Å². The fraction of sp³-hybridized carbons (Fsp3) is 0.0625. The summed E-state index contributed by atoms with van der Waals surface area (Å²) in [5.41, 5.74) is 14.3. The van der Waals surface area contributed by atoms with Gasteiger partial charge in [0.1, 0.15) is 11.2 Å². The average Bonchev–Trinajstić information content (AvgIpc) is 3.71. The Kier molecular flexibility index (Phi) is 6.80. The van der Waals surface area contributed by atoms with Crippen LogP contribution < -0.4 is 0 Å². The lowest BCUT2D eigenvalue weighted by Gasteiger charge is -2.22. The highest BCUT2D eigenvalue weighted by atomic mass is 16.3. The maximum Gasteiger partial charge on any atom is 0.164 e. The number of fused-ring (bicyclic) bond motifs is 6. The lowest BCUT2D eigenvalue weighted by atomic mass is 9.81. The van der Waals surface area contributed by atoms with Crippen molar-refractivity contribution in [1.29, 1.82) is 0 Å². The summed E-state index contributed by atoms with van der Waals surface area (Å²) in [4.78, 5) is 15.1. The summed E-state index contributed by atoms with van der Waals surface area (Å²) < 4.78 is 6.68. The summed E-state index contributed by atoms with van der Waals surface area (Å²) >= 11 is 0. The van der Waals surface area contributed by atoms with Gasteiger partial charge in [-0.2, -0.15) is 0 Å². The molecule has 1 aliphatic carbocycles. The molecule has 246 valence electrons. The molecule has 0 saturated heterocycles. The van der Waals surface area contributed by atoms with Gasteiger partial charge in [0.05, 0.1) is 0 Å². The fourth-order valence-electron chi connectivity index (χ4n) is 7.90. The topological polar surface area (TPSA) is 51.8 Å². The van der Waals surface area contributed by atoms with E-state index in [2.05, 4.69) is 105 Å². The van der Waals surface area contributed by atoms with E-state index in [0.717, 1.165) is 49.8 Å². The lowest BCUT2D eigenvalue weighted by Crippen LogP contribution is -2.14. The lowest BCUT2D eigenvalue weighted by molar-refractivity contribution is 0.660. The van der Waals surface area contributed by atoms with Crippen molar-refractivity contribution in [3.05, 3.63) is 175 Å².